The van der Waals surface area contributed by atoms with Gasteiger partial charge < -0.3 is 5.32 Å². The van der Waals surface area contributed by atoms with Crippen LogP contribution in [-0.4, -0.2) is 17.8 Å². The van der Waals surface area contributed by atoms with E-state index in [9.17, 15) is 4.79 Å². The second-order valence-electron chi connectivity index (χ2n) is 4.59. The van der Waals surface area contributed by atoms with Crippen molar-refractivity contribution in [2.75, 3.05) is 11.9 Å². The molecule has 2 nitrogen and oxygen atoms in total. The molecule has 1 rings (SSSR count). The number of alkyl halides is 1. The molecule has 0 heterocycles. The normalized spacial score (nSPS) is 10.3. The average molecular weight is 312 g/mol. The number of hydrogen-bond donors (Lipinski definition) is 1. The first-order chi connectivity index (χ1) is 8.72. The second kappa shape index (κ2) is 9.15. The van der Waals surface area contributed by atoms with Gasteiger partial charge in [-0.05, 0) is 31.7 Å². The van der Waals surface area contributed by atoms with Crippen LogP contribution in [0.1, 0.15) is 36.8 Å². The summed E-state index contributed by atoms with van der Waals surface area (Å²) in [5.41, 5.74) is 2.49. The third-order valence-corrected chi connectivity index (χ3v) is 3.42. The van der Waals surface area contributed by atoms with Crippen LogP contribution in [0.5, 0.6) is 0 Å². The minimum absolute atomic E-state index is 0.162. The molecule has 0 atom stereocenters. The predicted molar refractivity (Wildman–Crippen MR) is 80.2 cm³/mol. The molecule has 0 aromatic heterocycles. The quantitative estimate of drug-likeness (QED) is 0.576. The van der Waals surface area contributed by atoms with E-state index in [1.807, 2.05) is 6.07 Å². The van der Waals surface area contributed by atoms with E-state index in [1.165, 1.54) is 24.0 Å². The van der Waals surface area contributed by atoms with Crippen LogP contribution >= 0.6 is 15.9 Å². The lowest BCUT2D eigenvalue weighted by atomic mass is 10.1. The molecule has 0 radical (unpaired) electrons. The smallest absolute Gasteiger partial charge is 0.220 e. The van der Waals surface area contributed by atoms with Gasteiger partial charge in [-0.1, -0.05) is 52.2 Å². The fraction of sp³-hybridized carbons (Fsp3) is 0.533. The molecule has 1 aromatic rings. The molecule has 1 amide bonds. The Morgan fingerprint density at radius 1 is 1.28 bits per heavy atom. The van der Waals surface area contributed by atoms with Crippen molar-refractivity contribution >= 4 is 21.8 Å². The lowest BCUT2D eigenvalue weighted by molar-refractivity contribution is -0.121. The van der Waals surface area contributed by atoms with Gasteiger partial charge in [0.1, 0.15) is 0 Å². The first-order valence-electron chi connectivity index (χ1n) is 6.60. The molecular weight excluding hydrogens is 290 g/mol. The first kappa shape index (κ1) is 15.2. The first-order valence-corrected chi connectivity index (χ1v) is 7.72. The molecule has 0 aliphatic carbocycles. The average Bonchev–Trinajstić information content (AvgIpc) is 2.36. The molecule has 3 heteroatoms. The Morgan fingerprint density at radius 3 is 2.83 bits per heavy atom. The molecule has 1 N–H and O–H groups in total. The lowest BCUT2D eigenvalue weighted by Crippen LogP contribution is -2.24. The van der Waals surface area contributed by atoms with Gasteiger partial charge >= 0.3 is 0 Å². The molecule has 0 aliphatic heterocycles. The Balaban J connectivity index is 2.13. The van der Waals surface area contributed by atoms with E-state index in [1.54, 1.807) is 0 Å². The van der Waals surface area contributed by atoms with Gasteiger partial charge in [0.2, 0.25) is 5.91 Å². The molecule has 0 aliphatic rings. The van der Waals surface area contributed by atoms with Gasteiger partial charge in [0.05, 0.1) is 0 Å². The largest absolute Gasteiger partial charge is 0.356 e. The summed E-state index contributed by atoms with van der Waals surface area (Å²) in [5, 5.41) is 4.02. The molecule has 18 heavy (non-hydrogen) atoms. The maximum absolute atomic E-state index is 11.6. The lowest BCUT2D eigenvalue weighted by Gasteiger charge is -2.05. The topological polar surface area (TPSA) is 29.1 Å². The summed E-state index contributed by atoms with van der Waals surface area (Å²) in [7, 11) is 0. The number of benzene rings is 1. The molecule has 100 valence electrons. The number of nitrogens with one attached hydrogen (secondary N) is 1. The summed E-state index contributed by atoms with van der Waals surface area (Å²) in [4.78, 5) is 11.6. The fourth-order valence-electron chi connectivity index (χ4n) is 1.84. The molecule has 0 unspecified atom stereocenters. The second-order valence-corrected chi connectivity index (χ2v) is 5.38. The van der Waals surface area contributed by atoms with E-state index in [0.717, 1.165) is 24.7 Å². The van der Waals surface area contributed by atoms with Crippen LogP contribution < -0.4 is 5.32 Å². The maximum atomic E-state index is 11.6. The number of rotatable bonds is 8. The van der Waals surface area contributed by atoms with Crippen molar-refractivity contribution in [1.82, 2.24) is 5.32 Å². The minimum Gasteiger partial charge on any atom is -0.356 e. The van der Waals surface area contributed by atoms with E-state index < -0.39 is 0 Å². The summed E-state index contributed by atoms with van der Waals surface area (Å²) in [6.45, 7) is 2.88. The number of amides is 1. The van der Waals surface area contributed by atoms with Crippen LogP contribution in [0.2, 0.25) is 0 Å². The van der Waals surface area contributed by atoms with Crippen LogP contribution in [0.15, 0.2) is 24.3 Å². The summed E-state index contributed by atoms with van der Waals surface area (Å²) < 4.78 is 0. The highest BCUT2D eigenvalue weighted by atomic mass is 79.9. The third kappa shape index (κ3) is 6.80. The number of hydrogen-bond acceptors (Lipinski definition) is 1. The highest BCUT2D eigenvalue weighted by Gasteiger charge is 2.01. The van der Waals surface area contributed by atoms with E-state index in [0.29, 0.717) is 6.42 Å². The zero-order valence-corrected chi connectivity index (χ0v) is 12.6. The zero-order valence-electron chi connectivity index (χ0n) is 11.0. The third-order valence-electron chi connectivity index (χ3n) is 2.86. The predicted octanol–water partition coefficient (Wildman–Crippen LogP) is 3.61. The van der Waals surface area contributed by atoms with Crippen molar-refractivity contribution in [3.63, 3.8) is 0 Å². The minimum atomic E-state index is 0.162. The number of carbonyl (C=O) groups excluding carboxylic acids is 1. The number of carbonyl (C=O) groups is 1. The van der Waals surface area contributed by atoms with Gasteiger partial charge in [-0.15, -0.1) is 0 Å². The van der Waals surface area contributed by atoms with Crippen molar-refractivity contribution in [3.05, 3.63) is 35.4 Å². The van der Waals surface area contributed by atoms with Crippen LogP contribution in [0, 0.1) is 6.92 Å². The molecule has 0 saturated heterocycles. The van der Waals surface area contributed by atoms with Crippen molar-refractivity contribution in [2.45, 2.75) is 39.0 Å². The summed E-state index contributed by atoms with van der Waals surface area (Å²) in [6, 6.07) is 8.34. The molecule has 0 saturated carbocycles. The van der Waals surface area contributed by atoms with Crippen LogP contribution in [0.4, 0.5) is 0 Å². The van der Waals surface area contributed by atoms with Gasteiger partial charge in [-0.2, -0.15) is 0 Å². The monoisotopic (exact) mass is 311 g/mol. The van der Waals surface area contributed by atoms with E-state index in [4.69, 9.17) is 0 Å². The molecule has 0 bridgehead atoms. The molecular formula is C15H22BrNO. The maximum Gasteiger partial charge on any atom is 0.220 e. The Morgan fingerprint density at radius 2 is 2.11 bits per heavy atom. The molecule has 1 aromatic carbocycles. The number of halogens is 1. The fourth-order valence-corrected chi connectivity index (χ4v) is 2.23. The number of aryl methyl sites for hydroxylation is 2. The van der Waals surface area contributed by atoms with Crippen molar-refractivity contribution < 1.29 is 4.79 Å². The van der Waals surface area contributed by atoms with Crippen LogP contribution in [0.3, 0.4) is 0 Å². The molecule has 0 fully saturated rings. The van der Waals surface area contributed by atoms with Gasteiger partial charge in [-0.25, -0.2) is 0 Å². The van der Waals surface area contributed by atoms with Crippen molar-refractivity contribution in [2.24, 2.45) is 0 Å². The van der Waals surface area contributed by atoms with E-state index in [2.05, 4.69) is 46.4 Å². The van der Waals surface area contributed by atoms with Crippen LogP contribution in [0.25, 0.3) is 0 Å². The standard InChI is InChI=1S/C15H22BrNO/c1-13-6-5-7-14(12-13)8-9-15(18)17-11-4-2-3-10-16/h5-7,12H,2-4,8-11H2,1H3,(H,17,18). The van der Waals surface area contributed by atoms with Gasteiger partial charge in [-0.3, -0.25) is 4.79 Å². The Kier molecular flexibility index (Phi) is 7.74. The summed E-state index contributed by atoms with van der Waals surface area (Å²) in [5.74, 6) is 0.162. The zero-order chi connectivity index (χ0) is 13.2. The summed E-state index contributed by atoms with van der Waals surface area (Å²) in [6.07, 6.45) is 4.83. The molecule has 0 spiro atoms. The van der Waals surface area contributed by atoms with Crippen LogP contribution in [-0.2, 0) is 11.2 Å². The van der Waals surface area contributed by atoms with Crippen molar-refractivity contribution in [1.29, 1.82) is 0 Å². The SMILES string of the molecule is Cc1cccc(CCC(=O)NCCCCCBr)c1. The van der Waals surface area contributed by atoms with Gasteiger partial charge in [0.15, 0.2) is 0 Å². The Labute approximate surface area is 118 Å². The highest BCUT2D eigenvalue weighted by Crippen LogP contribution is 2.06. The van der Waals surface area contributed by atoms with E-state index in [-0.39, 0.29) is 5.91 Å². The number of unbranched alkanes of at least 4 members (excludes halogenated alkanes) is 2. The van der Waals surface area contributed by atoms with Crippen molar-refractivity contribution in [3.8, 4) is 0 Å². The highest BCUT2D eigenvalue weighted by molar-refractivity contribution is 9.09. The Bertz CT molecular complexity index is 365. The summed E-state index contributed by atoms with van der Waals surface area (Å²) >= 11 is 3.40. The van der Waals surface area contributed by atoms with E-state index >= 15 is 0 Å². The van der Waals surface area contributed by atoms with Gasteiger partial charge in [0, 0.05) is 18.3 Å². The Hall–Kier alpha value is -0.830. The van der Waals surface area contributed by atoms with Gasteiger partial charge in [0.25, 0.3) is 0 Å².